The Balaban J connectivity index is 0. The molecule has 0 aliphatic heterocycles. The Morgan fingerprint density at radius 2 is 1.00 bits per heavy atom. The lowest BCUT2D eigenvalue weighted by molar-refractivity contribution is -0.130. The van der Waals surface area contributed by atoms with Gasteiger partial charge in [0.25, 0.3) is 0 Å². The van der Waals surface area contributed by atoms with Crippen LogP contribution in [0.1, 0.15) is 124 Å². The van der Waals surface area contributed by atoms with E-state index in [-0.39, 0.29) is 0 Å². The summed E-state index contributed by atoms with van der Waals surface area (Å²) in [4.78, 5) is 13.7. The number of hydrogen-bond acceptors (Lipinski definition) is 1. The van der Waals surface area contributed by atoms with Gasteiger partial charge in [-0.1, -0.05) is 105 Å². The molecule has 0 aromatic carbocycles. The summed E-state index contributed by atoms with van der Waals surface area (Å²) >= 11 is 0. The summed E-state index contributed by atoms with van der Waals surface area (Å²) in [6, 6.07) is 0. The second kappa shape index (κ2) is 22.5. The van der Waals surface area contributed by atoms with E-state index in [2.05, 4.69) is 27.7 Å². The Morgan fingerprint density at radius 1 is 0.625 bits per heavy atom. The third-order valence-corrected chi connectivity index (χ3v) is 4.27. The lowest BCUT2D eigenvalue weighted by Crippen LogP contribution is -2.27. The fraction of sp³-hybridized carbons (Fsp3) is 0.955. The van der Waals surface area contributed by atoms with Gasteiger partial charge in [-0.15, -0.1) is 0 Å². The van der Waals surface area contributed by atoms with E-state index in [0.29, 0.717) is 5.91 Å². The first kappa shape index (κ1) is 25.7. The van der Waals surface area contributed by atoms with Gasteiger partial charge in [0, 0.05) is 20.0 Å². The molecule has 0 atom stereocenters. The minimum atomic E-state index is 0.333. The van der Waals surface area contributed by atoms with Gasteiger partial charge in [-0.25, -0.2) is 0 Å². The Morgan fingerprint density at radius 3 is 1.42 bits per heavy atom. The number of hydrogen-bond donors (Lipinski definition) is 0. The van der Waals surface area contributed by atoms with Gasteiger partial charge in [-0.2, -0.15) is 0 Å². The standard InChI is InChI=1S/C19H39NO.C3H8/c1-4-6-8-9-10-11-12-13-14-15-16-17-19(21)20(3)18-7-5-2;1-3-2/h4-18H2,1-3H3;3H2,1-2H3. The van der Waals surface area contributed by atoms with Crippen LogP contribution in [0, 0.1) is 0 Å². The van der Waals surface area contributed by atoms with Gasteiger partial charge in [-0.05, 0) is 12.8 Å². The van der Waals surface area contributed by atoms with Crippen molar-refractivity contribution < 1.29 is 4.79 Å². The van der Waals surface area contributed by atoms with Crippen molar-refractivity contribution in [2.75, 3.05) is 13.6 Å². The highest BCUT2D eigenvalue weighted by Crippen LogP contribution is 2.12. The van der Waals surface area contributed by atoms with Crippen LogP contribution in [0.5, 0.6) is 0 Å². The largest absolute Gasteiger partial charge is 0.346 e. The molecule has 1 amide bonds. The minimum Gasteiger partial charge on any atom is -0.346 e. The van der Waals surface area contributed by atoms with Crippen molar-refractivity contribution in [1.29, 1.82) is 0 Å². The molecule has 2 nitrogen and oxygen atoms in total. The van der Waals surface area contributed by atoms with Gasteiger partial charge in [0.05, 0.1) is 0 Å². The van der Waals surface area contributed by atoms with Crippen LogP contribution in [0.4, 0.5) is 0 Å². The van der Waals surface area contributed by atoms with Crippen LogP contribution in [0.3, 0.4) is 0 Å². The van der Waals surface area contributed by atoms with E-state index in [1.165, 1.54) is 70.6 Å². The third-order valence-electron chi connectivity index (χ3n) is 4.27. The Labute approximate surface area is 153 Å². The smallest absolute Gasteiger partial charge is 0.222 e. The number of nitrogens with zero attached hydrogens (tertiary/aromatic N) is 1. The van der Waals surface area contributed by atoms with E-state index in [9.17, 15) is 4.79 Å². The van der Waals surface area contributed by atoms with Gasteiger partial charge in [0.1, 0.15) is 0 Å². The molecule has 0 saturated heterocycles. The molecule has 0 radical (unpaired) electrons. The summed E-state index contributed by atoms with van der Waals surface area (Å²) in [6.07, 6.45) is 19.0. The van der Waals surface area contributed by atoms with Crippen LogP contribution in [0.15, 0.2) is 0 Å². The quantitative estimate of drug-likeness (QED) is 0.285. The van der Waals surface area contributed by atoms with E-state index >= 15 is 0 Å². The van der Waals surface area contributed by atoms with Crippen LogP contribution in [0.25, 0.3) is 0 Å². The highest BCUT2D eigenvalue weighted by atomic mass is 16.2. The maximum Gasteiger partial charge on any atom is 0.222 e. The number of carbonyl (C=O) groups excluding carboxylic acids is 1. The molecule has 0 rings (SSSR count). The Bertz CT molecular complexity index is 240. The average Bonchev–Trinajstić information content (AvgIpc) is 2.58. The van der Waals surface area contributed by atoms with Gasteiger partial charge in [0.2, 0.25) is 5.91 Å². The van der Waals surface area contributed by atoms with Gasteiger partial charge >= 0.3 is 0 Å². The molecule has 0 spiro atoms. The molecule has 0 unspecified atom stereocenters. The van der Waals surface area contributed by atoms with Crippen molar-refractivity contribution in [1.82, 2.24) is 4.90 Å². The molecule has 0 aliphatic rings. The van der Waals surface area contributed by atoms with E-state index in [0.717, 1.165) is 32.2 Å². The summed E-state index contributed by atoms with van der Waals surface area (Å²) in [5, 5.41) is 0. The van der Waals surface area contributed by atoms with E-state index in [4.69, 9.17) is 0 Å². The first-order valence-corrected chi connectivity index (χ1v) is 10.9. The lowest BCUT2D eigenvalue weighted by Gasteiger charge is -2.16. The number of amides is 1. The molecule has 0 aromatic heterocycles. The van der Waals surface area contributed by atoms with E-state index < -0.39 is 0 Å². The zero-order chi connectivity index (χ0) is 18.5. The predicted molar refractivity (Wildman–Crippen MR) is 110 cm³/mol. The molecule has 0 aliphatic carbocycles. The van der Waals surface area contributed by atoms with Crippen molar-refractivity contribution in [3.05, 3.63) is 0 Å². The lowest BCUT2D eigenvalue weighted by atomic mass is 10.1. The molecule has 0 fully saturated rings. The zero-order valence-electron chi connectivity index (χ0n) is 17.7. The van der Waals surface area contributed by atoms with Gasteiger partial charge in [0.15, 0.2) is 0 Å². The molecule has 2 heteroatoms. The first-order chi connectivity index (χ1) is 11.6. The summed E-state index contributed by atoms with van der Waals surface area (Å²) in [5.74, 6) is 0.333. The maximum absolute atomic E-state index is 11.8. The van der Waals surface area contributed by atoms with E-state index in [1.54, 1.807) is 0 Å². The Hall–Kier alpha value is -0.530. The summed E-state index contributed by atoms with van der Waals surface area (Å²) in [5.41, 5.74) is 0. The maximum atomic E-state index is 11.8. The fourth-order valence-electron chi connectivity index (χ4n) is 2.65. The molecule has 0 N–H and O–H groups in total. The van der Waals surface area contributed by atoms with Crippen LogP contribution in [-0.4, -0.2) is 24.4 Å². The topological polar surface area (TPSA) is 20.3 Å². The molecular formula is C22H47NO. The molecule has 146 valence electrons. The van der Waals surface area contributed by atoms with Crippen molar-refractivity contribution in [3.63, 3.8) is 0 Å². The highest BCUT2D eigenvalue weighted by Gasteiger charge is 2.06. The SMILES string of the molecule is CCC.CCCCCCCCCCCCCC(=O)N(C)CCCC. The van der Waals surface area contributed by atoms with Crippen LogP contribution in [-0.2, 0) is 4.79 Å². The zero-order valence-corrected chi connectivity index (χ0v) is 17.7. The van der Waals surface area contributed by atoms with Gasteiger partial charge in [-0.3, -0.25) is 4.79 Å². The van der Waals surface area contributed by atoms with Crippen molar-refractivity contribution in [3.8, 4) is 0 Å². The monoisotopic (exact) mass is 341 g/mol. The summed E-state index contributed by atoms with van der Waals surface area (Å²) in [6.45, 7) is 9.61. The second-order valence-electron chi connectivity index (χ2n) is 7.16. The summed E-state index contributed by atoms with van der Waals surface area (Å²) < 4.78 is 0. The molecule has 0 saturated carbocycles. The molecule has 0 aromatic rings. The predicted octanol–water partition coefficient (Wildman–Crippen LogP) is 7.36. The molecular weight excluding hydrogens is 294 g/mol. The number of carbonyl (C=O) groups is 1. The number of rotatable bonds is 15. The minimum absolute atomic E-state index is 0.333. The molecule has 0 heterocycles. The normalized spacial score (nSPS) is 10.2. The highest BCUT2D eigenvalue weighted by molar-refractivity contribution is 5.75. The molecule has 0 bridgehead atoms. The third kappa shape index (κ3) is 21.5. The van der Waals surface area contributed by atoms with Crippen molar-refractivity contribution >= 4 is 5.91 Å². The number of unbranched alkanes of at least 4 members (excludes halogenated alkanes) is 11. The van der Waals surface area contributed by atoms with E-state index in [1.807, 2.05) is 11.9 Å². The fourth-order valence-corrected chi connectivity index (χ4v) is 2.65. The van der Waals surface area contributed by atoms with Crippen molar-refractivity contribution in [2.24, 2.45) is 0 Å². The average molecular weight is 342 g/mol. The Kier molecular flexibility index (Phi) is 24.1. The second-order valence-corrected chi connectivity index (χ2v) is 7.16. The molecule has 24 heavy (non-hydrogen) atoms. The summed E-state index contributed by atoms with van der Waals surface area (Å²) in [7, 11) is 1.94. The van der Waals surface area contributed by atoms with Crippen LogP contribution in [0.2, 0.25) is 0 Å². The first-order valence-electron chi connectivity index (χ1n) is 10.9. The van der Waals surface area contributed by atoms with Crippen molar-refractivity contribution in [2.45, 2.75) is 124 Å². The van der Waals surface area contributed by atoms with Crippen LogP contribution < -0.4 is 0 Å². The van der Waals surface area contributed by atoms with Gasteiger partial charge < -0.3 is 4.90 Å². The van der Waals surface area contributed by atoms with Crippen LogP contribution >= 0.6 is 0 Å².